The van der Waals surface area contributed by atoms with Crippen molar-refractivity contribution in [3.8, 4) is 0 Å². The summed E-state index contributed by atoms with van der Waals surface area (Å²) in [6.45, 7) is 17.0. The fourth-order valence-corrected chi connectivity index (χ4v) is 4.86. The zero-order chi connectivity index (χ0) is 20.6. The predicted octanol–water partition coefficient (Wildman–Crippen LogP) is 5.70. The van der Waals surface area contributed by atoms with Crippen molar-refractivity contribution in [3.05, 3.63) is 41.8 Å². The van der Waals surface area contributed by atoms with Crippen molar-refractivity contribution in [2.75, 3.05) is 13.2 Å². The third kappa shape index (κ3) is 3.65. The van der Waals surface area contributed by atoms with Gasteiger partial charge in [0.15, 0.2) is 5.79 Å². The summed E-state index contributed by atoms with van der Waals surface area (Å²) in [5.41, 5.74) is 0.825. The molecule has 4 heteroatoms. The monoisotopic (exact) mass is 388 g/mol. The first-order chi connectivity index (χ1) is 13.2. The number of benzene rings is 1. The van der Waals surface area contributed by atoms with E-state index in [2.05, 4.69) is 77.8 Å². The fraction of sp³-hybridized carbons (Fsp3) is 0.708. The molecule has 4 atom stereocenters. The third-order valence-electron chi connectivity index (χ3n) is 7.31. The third-order valence-corrected chi connectivity index (χ3v) is 7.31. The number of hydrogen-bond acceptors (Lipinski definition) is 4. The van der Waals surface area contributed by atoms with Crippen molar-refractivity contribution in [3.63, 3.8) is 0 Å². The molecular formula is C24H38NO3. The maximum absolute atomic E-state index is 6.73. The van der Waals surface area contributed by atoms with Crippen molar-refractivity contribution >= 4 is 0 Å². The lowest BCUT2D eigenvalue weighted by Gasteiger charge is -2.64. The normalized spacial score (nSPS) is 35.2. The Balaban J connectivity index is 1.94. The van der Waals surface area contributed by atoms with Crippen molar-refractivity contribution in [1.82, 2.24) is 5.06 Å². The molecule has 1 aromatic carbocycles. The van der Waals surface area contributed by atoms with Crippen LogP contribution in [0, 0.1) is 11.8 Å². The van der Waals surface area contributed by atoms with Crippen LogP contribution in [-0.2, 0) is 14.3 Å². The fourth-order valence-electron chi connectivity index (χ4n) is 4.86. The van der Waals surface area contributed by atoms with E-state index in [0.717, 1.165) is 19.3 Å². The predicted molar refractivity (Wildman–Crippen MR) is 113 cm³/mol. The Morgan fingerprint density at radius 1 is 1.11 bits per heavy atom. The van der Waals surface area contributed by atoms with Crippen molar-refractivity contribution < 1.29 is 14.3 Å². The van der Waals surface area contributed by atoms with Gasteiger partial charge in [0.05, 0.1) is 18.8 Å². The van der Waals surface area contributed by atoms with E-state index in [9.17, 15) is 0 Å². The van der Waals surface area contributed by atoms with Crippen LogP contribution in [0.15, 0.2) is 30.3 Å². The van der Waals surface area contributed by atoms with Gasteiger partial charge in [-0.15, -0.1) is 0 Å². The van der Waals surface area contributed by atoms with Gasteiger partial charge in [-0.1, -0.05) is 58.0 Å². The van der Waals surface area contributed by atoms with Crippen LogP contribution in [0.2, 0.25) is 0 Å². The first kappa shape index (κ1) is 21.8. The molecule has 4 unspecified atom stereocenters. The molecule has 0 saturated carbocycles. The molecule has 2 aliphatic heterocycles. The summed E-state index contributed by atoms with van der Waals surface area (Å²) in [5.74, 6) is 0.886. The minimum Gasteiger partial charge on any atom is -0.349 e. The lowest BCUT2D eigenvalue weighted by atomic mass is 9.67. The van der Waals surface area contributed by atoms with Gasteiger partial charge in [-0.2, -0.15) is 5.06 Å². The highest BCUT2D eigenvalue weighted by Crippen LogP contribution is 2.54. The molecule has 0 amide bonds. The van der Waals surface area contributed by atoms with Crippen molar-refractivity contribution in [2.24, 2.45) is 5.92 Å². The SMILES string of the molecule is CCC1(C)CC2(OC[C](C)CO2)C(C)C(C)(CC)N1OC(C)c1ccccc1. The van der Waals surface area contributed by atoms with Crippen LogP contribution in [0.25, 0.3) is 0 Å². The first-order valence-corrected chi connectivity index (χ1v) is 10.8. The maximum atomic E-state index is 6.73. The van der Waals surface area contributed by atoms with Gasteiger partial charge in [-0.25, -0.2) is 0 Å². The maximum Gasteiger partial charge on any atom is 0.174 e. The number of hydroxylamine groups is 2. The summed E-state index contributed by atoms with van der Waals surface area (Å²) in [5, 5.41) is 2.30. The van der Waals surface area contributed by atoms with Gasteiger partial charge in [-0.05, 0) is 39.2 Å². The van der Waals surface area contributed by atoms with Crippen LogP contribution in [0.1, 0.15) is 79.4 Å². The van der Waals surface area contributed by atoms with Gasteiger partial charge in [0.2, 0.25) is 0 Å². The minimum absolute atomic E-state index is 0.0111. The molecule has 0 aromatic heterocycles. The Labute approximate surface area is 171 Å². The summed E-state index contributed by atoms with van der Waals surface area (Å²) in [6, 6.07) is 10.5. The number of piperidine rings is 1. The lowest BCUT2D eigenvalue weighted by molar-refractivity contribution is -0.402. The molecule has 28 heavy (non-hydrogen) atoms. The highest BCUT2D eigenvalue weighted by atomic mass is 16.7. The number of ether oxygens (including phenoxy) is 2. The molecule has 0 aliphatic carbocycles. The van der Waals surface area contributed by atoms with E-state index in [1.807, 2.05) is 6.07 Å². The second-order valence-electron chi connectivity index (χ2n) is 9.26. The van der Waals surface area contributed by atoms with Gasteiger partial charge in [0, 0.05) is 23.8 Å². The zero-order valence-electron chi connectivity index (χ0n) is 18.7. The molecule has 2 heterocycles. The highest BCUT2D eigenvalue weighted by molar-refractivity contribution is 5.17. The van der Waals surface area contributed by atoms with Crippen LogP contribution in [0.3, 0.4) is 0 Å². The molecule has 3 rings (SSSR count). The number of hydrogen-bond donors (Lipinski definition) is 0. The van der Waals surface area contributed by atoms with Crippen molar-refractivity contribution in [1.29, 1.82) is 0 Å². The summed E-state index contributed by atoms with van der Waals surface area (Å²) >= 11 is 0. The van der Waals surface area contributed by atoms with Crippen LogP contribution < -0.4 is 0 Å². The second kappa shape index (κ2) is 8.06. The van der Waals surface area contributed by atoms with E-state index in [-0.39, 0.29) is 23.1 Å². The quantitative estimate of drug-likeness (QED) is 0.648. The van der Waals surface area contributed by atoms with E-state index < -0.39 is 5.79 Å². The summed E-state index contributed by atoms with van der Waals surface area (Å²) in [4.78, 5) is 6.73. The standard InChI is InChI=1S/C24H38NO3/c1-8-22(6)17-24(26-15-18(3)16-27-24)20(5)23(7,9-2)25(22)28-19(4)21-13-11-10-12-14-21/h10-14,19-20H,8-9,15-17H2,1-7H3. The molecule has 0 N–H and O–H groups in total. The molecule has 0 bridgehead atoms. The Morgan fingerprint density at radius 2 is 1.71 bits per heavy atom. The Hall–Kier alpha value is -0.940. The van der Waals surface area contributed by atoms with Gasteiger partial charge in [-0.3, -0.25) is 4.84 Å². The minimum atomic E-state index is -0.551. The Kier molecular flexibility index (Phi) is 6.26. The van der Waals surface area contributed by atoms with Gasteiger partial charge < -0.3 is 9.47 Å². The summed E-state index contributed by atoms with van der Waals surface area (Å²) < 4.78 is 12.8. The van der Waals surface area contributed by atoms with Crippen LogP contribution >= 0.6 is 0 Å². The van der Waals surface area contributed by atoms with Crippen LogP contribution in [0.4, 0.5) is 0 Å². The molecule has 2 saturated heterocycles. The van der Waals surface area contributed by atoms with Crippen molar-refractivity contribution in [2.45, 2.75) is 90.7 Å². The molecule has 4 nitrogen and oxygen atoms in total. The molecule has 1 aromatic rings. The lowest BCUT2D eigenvalue weighted by Crippen LogP contribution is -2.73. The Morgan fingerprint density at radius 3 is 2.25 bits per heavy atom. The molecule has 1 spiro atoms. The summed E-state index contributed by atoms with van der Waals surface area (Å²) in [7, 11) is 0. The topological polar surface area (TPSA) is 30.9 Å². The van der Waals surface area contributed by atoms with Crippen LogP contribution in [0.5, 0.6) is 0 Å². The van der Waals surface area contributed by atoms with E-state index in [1.165, 1.54) is 11.5 Å². The van der Waals surface area contributed by atoms with E-state index in [0.29, 0.717) is 13.2 Å². The summed E-state index contributed by atoms with van der Waals surface area (Å²) in [6.07, 6.45) is 2.72. The highest BCUT2D eigenvalue weighted by Gasteiger charge is 2.62. The Bertz CT molecular complexity index is 643. The van der Waals surface area contributed by atoms with E-state index >= 15 is 0 Å². The van der Waals surface area contributed by atoms with E-state index in [1.54, 1.807) is 0 Å². The van der Waals surface area contributed by atoms with Gasteiger partial charge in [0.1, 0.15) is 6.10 Å². The molecule has 1 radical (unpaired) electrons. The smallest absolute Gasteiger partial charge is 0.174 e. The average molecular weight is 389 g/mol. The largest absolute Gasteiger partial charge is 0.349 e. The number of nitrogens with zero attached hydrogens (tertiary/aromatic N) is 1. The molecule has 157 valence electrons. The molecule has 2 aliphatic rings. The first-order valence-electron chi connectivity index (χ1n) is 10.8. The second-order valence-corrected chi connectivity index (χ2v) is 9.26. The van der Waals surface area contributed by atoms with Gasteiger partial charge >= 0.3 is 0 Å². The zero-order valence-corrected chi connectivity index (χ0v) is 18.7. The van der Waals surface area contributed by atoms with Crippen LogP contribution in [-0.4, -0.2) is 35.1 Å². The molecule has 2 fully saturated rings. The average Bonchev–Trinajstić information content (AvgIpc) is 2.72. The molecular weight excluding hydrogens is 350 g/mol. The van der Waals surface area contributed by atoms with Gasteiger partial charge in [0.25, 0.3) is 0 Å². The van der Waals surface area contributed by atoms with E-state index in [4.69, 9.17) is 14.3 Å². The number of rotatable bonds is 5.